The molecule has 0 bridgehead atoms. The average Bonchev–Trinajstić information content (AvgIpc) is 1.00. The molecule has 0 saturated carbocycles. The van der Waals surface area contributed by atoms with Crippen molar-refractivity contribution in [2.24, 2.45) is 0 Å². The van der Waals surface area contributed by atoms with Gasteiger partial charge in [-0.1, -0.05) is 0 Å². The Bertz CT molecular complexity index is 8.00. The van der Waals surface area contributed by atoms with Crippen LogP contribution in [0.15, 0.2) is 0 Å². The van der Waals surface area contributed by atoms with Crippen LogP contribution in [0, 0.1) is 0 Å². The van der Waals surface area contributed by atoms with Crippen LogP contribution in [0.5, 0.6) is 0 Å². The Morgan fingerprint density at radius 3 is 1.25 bits per heavy atom. The van der Waals surface area contributed by atoms with E-state index in [-0.39, 0.29) is 87.8 Å². The second-order valence-corrected chi connectivity index (χ2v) is 0. The molecule has 0 N–H and O–H groups in total. The van der Waals surface area contributed by atoms with E-state index < -0.39 is 0 Å². The van der Waals surface area contributed by atoms with Gasteiger partial charge in [0.15, 0.2) is 0 Å². The quantitative estimate of drug-likeness (QED) is 0.391. The minimum absolute atomic E-state index is 0. The van der Waals surface area contributed by atoms with Gasteiger partial charge in [0, 0.05) is 0 Å². The molecule has 0 saturated heterocycles. The van der Waals surface area contributed by atoms with Gasteiger partial charge in [0.1, 0.15) is 0 Å². The molecule has 4 heteroatoms. The molecule has 0 rings (SSSR count). The molecule has 0 spiro atoms. The van der Waals surface area contributed by atoms with Gasteiger partial charge in [-0.25, -0.2) is 0 Å². The van der Waals surface area contributed by atoms with E-state index in [1.165, 1.54) is 0 Å². The maximum atomic E-state index is 7.75. The molecule has 0 aromatic rings. The number of rotatable bonds is 0. The Kier molecular flexibility index (Phi) is 71.3. The van der Waals surface area contributed by atoms with Crippen LogP contribution in [0.1, 0.15) is 0 Å². The minimum atomic E-state index is 0. The Balaban J connectivity index is -0.00000000500. The second kappa shape index (κ2) is 17.8. The monoisotopic (exact) mass is 169 g/mol. The summed E-state index contributed by atoms with van der Waals surface area (Å²) in [6.07, 6.45) is 0. The normalized spacial score (nSPS) is 0.750. The zero-order chi connectivity index (χ0) is 2.00. The van der Waals surface area contributed by atoms with Crippen molar-refractivity contribution >= 4 is 95.5 Å². The standard InChI is InChI=1S/BO.Cs.Li.2H/c1-2;;;;. The summed E-state index contributed by atoms with van der Waals surface area (Å²) in [6.45, 7) is 0. The van der Waals surface area contributed by atoms with E-state index in [2.05, 4.69) is 7.72 Å². The summed E-state index contributed by atoms with van der Waals surface area (Å²) in [5, 5.41) is 0. The van der Waals surface area contributed by atoms with E-state index in [1.807, 2.05) is 0 Å². The fourth-order valence-corrected chi connectivity index (χ4v) is 0. The summed E-state index contributed by atoms with van der Waals surface area (Å²) in [5.74, 6) is 0. The Hall–Kier alpha value is 2.51. The Morgan fingerprint density at radius 2 is 1.25 bits per heavy atom. The SMILES string of the molecule is [B]=O.[CsH].[LiH]. The second-order valence-electron chi connectivity index (χ2n) is 0. The molecule has 0 aliphatic heterocycles. The molecular weight excluding hydrogens is 167 g/mol. The molecule has 0 atom stereocenters. The van der Waals surface area contributed by atoms with Gasteiger partial charge in [-0.15, -0.1) is 0 Å². The van der Waals surface area contributed by atoms with Gasteiger partial charge in [0.25, 0.3) is 0 Å². The van der Waals surface area contributed by atoms with Gasteiger partial charge in [-0.3, -0.25) is 0 Å². The third-order valence-corrected chi connectivity index (χ3v) is 0. The van der Waals surface area contributed by atoms with Crippen LogP contribution in [0.2, 0.25) is 0 Å². The molecule has 4 heavy (non-hydrogen) atoms. The number of hydrogen-bond acceptors (Lipinski definition) is 1. The fourth-order valence-electron chi connectivity index (χ4n) is 0. The summed E-state index contributed by atoms with van der Waals surface area (Å²) < 4.78 is 7.75. The molecule has 0 amide bonds. The van der Waals surface area contributed by atoms with Gasteiger partial charge >= 0.3 is 100 Å². The molecule has 0 aromatic heterocycles. The maximum absolute atomic E-state index is 7.75. The third kappa shape index (κ3) is 8.82. The van der Waals surface area contributed by atoms with E-state index in [0.29, 0.717) is 0 Å². The molecule has 1 nitrogen and oxygen atoms in total. The van der Waals surface area contributed by atoms with Crippen molar-refractivity contribution in [2.75, 3.05) is 0 Å². The predicted molar refractivity (Wildman–Crippen MR) is 20.7 cm³/mol. The van der Waals surface area contributed by atoms with Crippen molar-refractivity contribution in [3.63, 3.8) is 0 Å². The van der Waals surface area contributed by atoms with Crippen molar-refractivity contribution in [1.29, 1.82) is 0 Å². The van der Waals surface area contributed by atoms with Crippen molar-refractivity contribution < 1.29 is 4.70 Å². The molecule has 0 aliphatic rings. The third-order valence-electron chi connectivity index (χ3n) is 0. The van der Waals surface area contributed by atoms with Crippen molar-refractivity contribution in [2.45, 2.75) is 0 Å². The molecule has 0 aromatic carbocycles. The summed E-state index contributed by atoms with van der Waals surface area (Å²) >= 11 is 0. The van der Waals surface area contributed by atoms with E-state index in [0.717, 1.165) is 0 Å². The van der Waals surface area contributed by atoms with Gasteiger partial charge in [-0.05, 0) is 0 Å². The first-order valence-electron chi connectivity index (χ1n) is 0.236. The van der Waals surface area contributed by atoms with Gasteiger partial charge in [0.2, 0.25) is 0 Å². The summed E-state index contributed by atoms with van der Waals surface area (Å²) in [5.41, 5.74) is 0. The molecular formula is H2BCsLiO. The van der Waals surface area contributed by atoms with Crippen LogP contribution >= 0.6 is 0 Å². The van der Waals surface area contributed by atoms with Crippen LogP contribution in [-0.4, -0.2) is 95.5 Å². The first-order chi connectivity index (χ1) is 1.00. The zero-order valence-corrected chi connectivity index (χ0v) is 0.986. The summed E-state index contributed by atoms with van der Waals surface area (Å²) in [7, 11) is 3.25. The van der Waals surface area contributed by atoms with E-state index in [4.69, 9.17) is 4.70 Å². The first-order valence-corrected chi connectivity index (χ1v) is 0.236. The molecule has 1 radical (unpaired) electrons. The average molecular weight is 169 g/mol. The zero-order valence-electron chi connectivity index (χ0n) is 0.986. The van der Waals surface area contributed by atoms with E-state index in [9.17, 15) is 0 Å². The number of hydrogen-bond donors (Lipinski definition) is 0. The Labute approximate surface area is 97.3 Å². The van der Waals surface area contributed by atoms with Crippen LogP contribution in [0.4, 0.5) is 0 Å². The summed E-state index contributed by atoms with van der Waals surface area (Å²) in [6, 6.07) is 0. The summed E-state index contributed by atoms with van der Waals surface area (Å²) in [4.78, 5) is 0. The topological polar surface area (TPSA) is 17.1 Å². The van der Waals surface area contributed by atoms with Gasteiger partial charge in [-0.2, -0.15) is 0 Å². The van der Waals surface area contributed by atoms with Gasteiger partial charge < -0.3 is 0 Å². The Morgan fingerprint density at radius 1 is 1.25 bits per heavy atom. The van der Waals surface area contributed by atoms with Crippen LogP contribution in [0.25, 0.3) is 0 Å². The molecule has 0 fully saturated rings. The molecule has 0 heterocycles. The van der Waals surface area contributed by atoms with Crippen molar-refractivity contribution in [3.05, 3.63) is 0 Å². The van der Waals surface area contributed by atoms with Gasteiger partial charge in [0.05, 0.1) is 0 Å². The molecule has 0 aliphatic carbocycles. The van der Waals surface area contributed by atoms with E-state index in [1.54, 1.807) is 0 Å². The van der Waals surface area contributed by atoms with Crippen LogP contribution in [0.3, 0.4) is 0 Å². The fraction of sp³-hybridized carbons (Fsp3) is 0. The predicted octanol–water partition coefficient (Wildman–Crippen LogP) is -1.80. The molecule has 13 valence electrons. The molecule has 0 unspecified atom stereocenters. The van der Waals surface area contributed by atoms with Crippen LogP contribution in [-0.2, 0) is 4.70 Å². The van der Waals surface area contributed by atoms with Crippen molar-refractivity contribution in [3.8, 4) is 0 Å². The van der Waals surface area contributed by atoms with E-state index >= 15 is 0 Å². The van der Waals surface area contributed by atoms with Crippen LogP contribution < -0.4 is 0 Å². The first kappa shape index (κ1) is 16.0. The van der Waals surface area contributed by atoms with Crippen molar-refractivity contribution in [1.82, 2.24) is 0 Å².